The van der Waals surface area contributed by atoms with Gasteiger partial charge >= 0.3 is 0 Å². The summed E-state index contributed by atoms with van der Waals surface area (Å²) >= 11 is 3.21. The molecule has 1 N–H and O–H groups in total. The molecule has 4 nitrogen and oxygen atoms in total. The van der Waals surface area contributed by atoms with Crippen molar-refractivity contribution in [3.63, 3.8) is 0 Å². The summed E-state index contributed by atoms with van der Waals surface area (Å²) in [6.45, 7) is 3.65. The molecule has 1 atom stereocenters. The minimum atomic E-state index is -3.19. The Morgan fingerprint density at radius 3 is 2.31 bits per heavy atom. The molecule has 0 saturated heterocycles. The van der Waals surface area contributed by atoms with Crippen molar-refractivity contribution in [2.45, 2.75) is 25.1 Å². The summed E-state index contributed by atoms with van der Waals surface area (Å²) in [7, 11) is -1.65. The molecule has 13 heavy (non-hydrogen) atoms. The SMILES string of the molecule is COCC(CBr)NS(=O)(=O)C(C)C. The largest absolute Gasteiger partial charge is 0.383 e. The first-order valence-corrected chi connectivity index (χ1v) is 6.67. The Kier molecular flexibility index (Phi) is 6.11. The van der Waals surface area contributed by atoms with E-state index in [4.69, 9.17) is 4.74 Å². The normalized spacial score (nSPS) is 14.8. The lowest BCUT2D eigenvalue weighted by Gasteiger charge is -2.17. The van der Waals surface area contributed by atoms with Gasteiger partial charge in [-0.2, -0.15) is 0 Å². The zero-order chi connectivity index (χ0) is 10.5. The molecule has 0 radical (unpaired) electrons. The number of hydrogen-bond acceptors (Lipinski definition) is 3. The van der Waals surface area contributed by atoms with Gasteiger partial charge in [0, 0.05) is 12.4 Å². The van der Waals surface area contributed by atoms with Gasteiger partial charge < -0.3 is 4.74 Å². The lowest BCUT2D eigenvalue weighted by molar-refractivity contribution is 0.181. The minimum Gasteiger partial charge on any atom is -0.383 e. The van der Waals surface area contributed by atoms with E-state index in [1.807, 2.05) is 0 Å². The molecule has 0 amide bonds. The quantitative estimate of drug-likeness (QED) is 0.726. The molecule has 0 aliphatic carbocycles. The van der Waals surface area contributed by atoms with Crippen molar-refractivity contribution < 1.29 is 13.2 Å². The van der Waals surface area contributed by atoms with Crippen LogP contribution in [0.2, 0.25) is 0 Å². The number of ether oxygens (including phenoxy) is 1. The lowest BCUT2D eigenvalue weighted by Crippen LogP contribution is -2.42. The van der Waals surface area contributed by atoms with Gasteiger partial charge in [-0.3, -0.25) is 0 Å². The fraction of sp³-hybridized carbons (Fsp3) is 1.00. The molecule has 1 unspecified atom stereocenters. The third-order valence-electron chi connectivity index (χ3n) is 1.51. The molecule has 0 heterocycles. The van der Waals surface area contributed by atoms with E-state index in [1.165, 1.54) is 0 Å². The zero-order valence-electron chi connectivity index (χ0n) is 8.08. The summed E-state index contributed by atoms with van der Waals surface area (Å²) in [5.41, 5.74) is 0. The molecule has 0 saturated carbocycles. The van der Waals surface area contributed by atoms with Gasteiger partial charge in [0.15, 0.2) is 0 Å². The van der Waals surface area contributed by atoms with Crippen LogP contribution in [0, 0.1) is 0 Å². The summed E-state index contributed by atoms with van der Waals surface area (Å²) in [6, 6.07) is -0.197. The highest BCUT2D eigenvalue weighted by molar-refractivity contribution is 9.09. The molecule has 0 fully saturated rings. The zero-order valence-corrected chi connectivity index (χ0v) is 10.5. The summed E-state index contributed by atoms with van der Waals surface area (Å²) in [5.74, 6) is 0. The van der Waals surface area contributed by atoms with Gasteiger partial charge in [0.2, 0.25) is 10.0 Å². The number of sulfonamides is 1. The number of rotatable bonds is 6. The van der Waals surface area contributed by atoms with Crippen molar-refractivity contribution in [1.82, 2.24) is 4.72 Å². The first-order chi connectivity index (χ1) is 5.94. The summed E-state index contributed by atoms with van der Waals surface area (Å²) < 4.78 is 30.2. The van der Waals surface area contributed by atoms with Crippen molar-refractivity contribution >= 4 is 26.0 Å². The molecule has 0 spiro atoms. The summed E-state index contributed by atoms with van der Waals surface area (Å²) in [4.78, 5) is 0. The maximum Gasteiger partial charge on any atom is 0.214 e. The second-order valence-corrected chi connectivity index (χ2v) is 5.93. The fourth-order valence-corrected chi connectivity index (χ4v) is 2.13. The third-order valence-corrected chi connectivity index (χ3v) is 4.19. The molecule has 6 heteroatoms. The maximum absolute atomic E-state index is 11.4. The first-order valence-electron chi connectivity index (χ1n) is 4.00. The number of halogens is 1. The molecule has 0 aromatic rings. The Morgan fingerprint density at radius 2 is 2.00 bits per heavy atom. The predicted molar refractivity (Wildman–Crippen MR) is 56.6 cm³/mol. The van der Waals surface area contributed by atoms with Crippen LogP contribution < -0.4 is 4.72 Å². The standard InChI is InChI=1S/C7H16BrNO3S/c1-6(2)13(10,11)9-7(4-8)5-12-3/h6-7,9H,4-5H2,1-3H3. The Balaban J connectivity index is 4.23. The molecule has 0 aliphatic heterocycles. The minimum absolute atomic E-state index is 0.197. The Morgan fingerprint density at radius 1 is 1.46 bits per heavy atom. The van der Waals surface area contributed by atoms with E-state index >= 15 is 0 Å². The van der Waals surface area contributed by atoms with Crippen LogP contribution in [0.3, 0.4) is 0 Å². The van der Waals surface area contributed by atoms with E-state index in [-0.39, 0.29) is 6.04 Å². The van der Waals surface area contributed by atoms with E-state index in [0.29, 0.717) is 11.9 Å². The van der Waals surface area contributed by atoms with E-state index in [1.54, 1.807) is 21.0 Å². The van der Waals surface area contributed by atoms with Crippen LogP contribution in [0.15, 0.2) is 0 Å². The highest BCUT2D eigenvalue weighted by Crippen LogP contribution is 2.00. The van der Waals surface area contributed by atoms with Crippen LogP contribution in [0.1, 0.15) is 13.8 Å². The maximum atomic E-state index is 11.4. The van der Waals surface area contributed by atoms with Gasteiger partial charge in [-0.1, -0.05) is 15.9 Å². The molecule has 0 rings (SSSR count). The van der Waals surface area contributed by atoms with E-state index in [9.17, 15) is 8.42 Å². The second-order valence-electron chi connectivity index (χ2n) is 3.02. The summed E-state index contributed by atoms with van der Waals surface area (Å²) in [5, 5.41) is 0.137. The van der Waals surface area contributed by atoms with Crippen LogP contribution in [-0.2, 0) is 14.8 Å². The van der Waals surface area contributed by atoms with Gasteiger partial charge in [0.25, 0.3) is 0 Å². The highest BCUT2D eigenvalue weighted by Gasteiger charge is 2.20. The van der Waals surface area contributed by atoms with E-state index in [0.717, 1.165) is 0 Å². The van der Waals surface area contributed by atoms with Gasteiger partial charge in [-0.15, -0.1) is 0 Å². The van der Waals surface area contributed by atoms with Crippen molar-refractivity contribution in [2.24, 2.45) is 0 Å². The van der Waals surface area contributed by atoms with Crippen molar-refractivity contribution in [2.75, 3.05) is 19.0 Å². The lowest BCUT2D eigenvalue weighted by atomic mass is 10.4. The van der Waals surface area contributed by atoms with Gasteiger partial charge in [0.05, 0.1) is 17.9 Å². The van der Waals surface area contributed by atoms with Gasteiger partial charge in [-0.05, 0) is 13.8 Å². The molecule has 0 aliphatic rings. The molecule has 80 valence electrons. The number of nitrogens with one attached hydrogen (secondary N) is 1. The molecule has 0 aromatic heterocycles. The molecule has 0 aromatic carbocycles. The molecular weight excluding hydrogens is 258 g/mol. The molecule has 0 bridgehead atoms. The van der Waals surface area contributed by atoms with E-state index in [2.05, 4.69) is 20.7 Å². The number of hydrogen-bond donors (Lipinski definition) is 1. The molecular formula is C7H16BrNO3S. The Labute approximate surface area is 88.2 Å². The summed E-state index contributed by atoms with van der Waals surface area (Å²) in [6.07, 6.45) is 0. The average molecular weight is 274 g/mol. The topological polar surface area (TPSA) is 55.4 Å². The predicted octanol–water partition coefficient (Wildman–Crippen LogP) is 0.724. The highest BCUT2D eigenvalue weighted by atomic mass is 79.9. The van der Waals surface area contributed by atoms with Crippen molar-refractivity contribution in [3.8, 4) is 0 Å². The number of methoxy groups -OCH3 is 1. The van der Waals surface area contributed by atoms with Crippen LogP contribution >= 0.6 is 15.9 Å². The third kappa shape index (κ3) is 4.95. The Hall–Kier alpha value is 0.350. The van der Waals surface area contributed by atoms with Crippen LogP contribution in [0.4, 0.5) is 0 Å². The van der Waals surface area contributed by atoms with Crippen LogP contribution in [0.25, 0.3) is 0 Å². The van der Waals surface area contributed by atoms with Crippen molar-refractivity contribution in [1.29, 1.82) is 0 Å². The first kappa shape index (κ1) is 13.4. The average Bonchev–Trinajstić information content (AvgIpc) is 2.03. The van der Waals surface area contributed by atoms with Gasteiger partial charge in [0.1, 0.15) is 0 Å². The van der Waals surface area contributed by atoms with E-state index < -0.39 is 15.3 Å². The van der Waals surface area contributed by atoms with Gasteiger partial charge in [-0.25, -0.2) is 13.1 Å². The fourth-order valence-electron chi connectivity index (χ4n) is 0.680. The smallest absolute Gasteiger partial charge is 0.214 e. The van der Waals surface area contributed by atoms with Crippen molar-refractivity contribution in [3.05, 3.63) is 0 Å². The monoisotopic (exact) mass is 273 g/mol. The Bertz CT molecular complexity index is 228. The van der Waals surface area contributed by atoms with Crippen LogP contribution in [0.5, 0.6) is 0 Å². The number of alkyl halides is 1. The van der Waals surface area contributed by atoms with Crippen LogP contribution in [-0.4, -0.2) is 38.8 Å². The second kappa shape index (κ2) is 5.95.